The lowest BCUT2D eigenvalue weighted by molar-refractivity contribution is 0.0964. The summed E-state index contributed by atoms with van der Waals surface area (Å²) in [6, 6.07) is 20.8. The van der Waals surface area contributed by atoms with Crippen LogP contribution in [0.2, 0.25) is 0 Å². The van der Waals surface area contributed by atoms with Gasteiger partial charge in [-0.15, -0.1) is 0 Å². The molecule has 0 fully saturated rings. The summed E-state index contributed by atoms with van der Waals surface area (Å²) in [5.41, 5.74) is 5.07. The summed E-state index contributed by atoms with van der Waals surface area (Å²) in [6.45, 7) is 0.549. The Kier molecular flexibility index (Phi) is 9.24. The molecule has 1 N–H and O–H groups in total. The van der Waals surface area contributed by atoms with Crippen molar-refractivity contribution in [1.29, 1.82) is 0 Å². The number of hydrogen-bond donors (Lipinski definition) is 1. The SMILES string of the molecule is CNC(=O)c1c(-c2ccc(F)cc2)oc2cc(N(C)S(C)=O)c(-c3ccc(/C=C\N(C)Cc4ccc(F)cc4)c(C=O)c3)cc12. The Morgan fingerprint density at radius 2 is 1.56 bits per heavy atom. The summed E-state index contributed by atoms with van der Waals surface area (Å²) in [5, 5.41) is 3.16. The monoisotopic (exact) mass is 627 g/mol. The zero-order chi connectivity index (χ0) is 32.2. The molecule has 230 valence electrons. The molecule has 10 heteroatoms. The summed E-state index contributed by atoms with van der Waals surface area (Å²) < 4.78 is 47.3. The molecule has 1 aromatic heterocycles. The van der Waals surface area contributed by atoms with Crippen LogP contribution in [0.1, 0.15) is 31.8 Å². The first-order valence-electron chi connectivity index (χ1n) is 14.0. The fourth-order valence-electron chi connectivity index (χ4n) is 5.05. The smallest absolute Gasteiger partial charge is 0.255 e. The van der Waals surface area contributed by atoms with Crippen molar-refractivity contribution in [3.8, 4) is 22.5 Å². The zero-order valence-electron chi connectivity index (χ0n) is 25.1. The number of carbonyl (C=O) groups excluding carboxylic acids is 2. The summed E-state index contributed by atoms with van der Waals surface area (Å²) in [5.74, 6) is -0.835. The number of fused-ring (bicyclic) bond motifs is 1. The van der Waals surface area contributed by atoms with Crippen LogP contribution in [-0.2, 0) is 17.5 Å². The Balaban J connectivity index is 1.60. The second kappa shape index (κ2) is 13.3. The largest absolute Gasteiger partial charge is 0.455 e. The number of amides is 1. The van der Waals surface area contributed by atoms with E-state index in [9.17, 15) is 22.6 Å². The third-order valence-corrected chi connectivity index (χ3v) is 8.44. The Bertz CT molecular complexity index is 1940. The zero-order valence-corrected chi connectivity index (χ0v) is 26.0. The van der Waals surface area contributed by atoms with Gasteiger partial charge in [-0.05, 0) is 77.5 Å². The van der Waals surface area contributed by atoms with Crippen LogP contribution < -0.4 is 9.62 Å². The number of carbonyl (C=O) groups is 2. The lowest BCUT2D eigenvalue weighted by Gasteiger charge is -2.20. The highest BCUT2D eigenvalue weighted by Crippen LogP contribution is 2.41. The van der Waals surface area contributed by atoms with E-state index in [1.807, 2.05) is 36.4 Å². The van der Waals surface area contributed by atoms with Gasteiger partial charge in [0.05, 0.1) is 11.3 Å². The topological polar surface area (TPSA) is 82.9 Å². The van der Waals surface area contributed by atoms with Gasteiger partial charge in [-0.25, -0.2) is 13.0 Å². The van der Waals surface area contributed by atoms with Crippen molar-refractivity contribution in [2.45, 2.75) is 6.54 Å². The molecule has 0 saturated heterocycles. The van der Waals surface area contributed by atoms with Crippen molar-refractivity contribution in [3.63, 3.8) is 0 Å². The quantitative estimate of drug-likeness (QED) is 0.168. The molecule has 45 heavy (non-hydrogen) atoms. The van der Waals surface area contributed by atoms with Gasteiger partial charge >= 0.3 is 0 Å². The molecule has 7 nitrogen and oxygen atoms in total. The lowest BCUT2D eigenvalue weighted by Crippen LogP contribution is -2.20. The van der Waals surface area contributed by atoms with Gasteiger partial charge < -0.3 is 14.6 Å². The van der Waals surface area contributed by atoms with E-state index < -0.39 is 22.7 Å². The molecule has 0 spiro atoms. The lowest BCUT2D eigenvalue weighted by atomic mass is 9.95. The van der Waals surface area contributed by atoms with Crippen LogP contribution in [-0.4, -0.2) is 48.7 Å². The van der Waals surface area contributed by atoms with E-state index in [-0.39, 0.29) is 17.1 Å². The van der Waals surface area contributed by atoms with E-state index >= 15 is 0 Å². The highest BCUT2D eigenvalue weighted by Gasteiger charge is 2.25. The normalized spacial score (nSPS) is 12.0. The van der Waals surface area contributed by atoms with Crippen LogP contribution in [0.5, 0.6) is 0 Å². The Morgan fingerprint density at radius 3 is 2.18 bits per heavy atom. The number of halogens is 2. The standard InChI is InChI=1S/C35H31F2N3O4S/c1-38-35(42)33-30-18-29(31(40(3)45(4)43)19-32(30)44-34(33)24-9-13-28(37)14-10-24)25-8-7-23(26(17-25)21-41)15-16-39(2)20-22-5-11-27(36)12-6-22/h5-19,21H,20H2,1-4H3,(H,38,42)/b16-15-. The number of furan rings is 1. The van der Waals surface area contributed by atoms with E-state index in [4.69, 9.17) is 4.42 Å². The summed E-state index contributed by atoms with van der Waals surface area (Å²) in [6.07, 6.45) is 5.98. The van der Waals surface area contributed by atoms with Crippen LogP contribution in [0.3, 0.4) is 0 Å². The second-order valence-electron chi connectivity index (χ2n) is 10.5. The molecular formula is C35H31F2N3O4S. The molecule has 0 aliphatic rings. The van der Waals surface area contributed by atoms with Crippen LogP contribution in [0.4, 0.5) is 14.5 Å². The molecule has 5 rings (SSSR count). The molecule has 0 aliphatic heterocycles. The number of aldehydes is 1. The molecule has 0 aliphatic carbocycles. The molecule has 0 saturated carbocycles. The Morgan fingerprint density at radius 1 is 0.911 bits per heavy atom. The first-order chi connectivity index (χ1) is 21.6. The molecule has 1 amide bonds. The van der Waals surface area contributed by atoms with Crippen molar-refractivity contribution in [3.05, 3.63) is 119 Å². The van der Waals surface area contributed by atoms with E-state index in [0.29, 0.717) is 51.0 Å². The van der Waals surface area contributed by atoms with Crippen LogP contribution in [0, 0.1) is 11.6 Å². The van der Waals surface area contributed by atoms with Crippen molar-refractivity contribution in [2.75, 3.05) is 31.7 Å². The number of rotatable bonds is 10. The van der Waals surface area contributed by atoms with Crippen LogP contribution in [0.15, 0.2) is 89.5 Å². The molecule has 0 radical (unpaired) electrons. The van der Waals surface area contributed by atoms with E-state index in [0.717, 1.165) is 11.8 Å². The minimum absolute atomic E-state index is 0.270. The van der Waals surface area contributed by atoms with Crippen molar-refractivity contribution in [2.24, 2.45) is 0 Å². The predicted molar refractivity (Wildman–Crippen MR) is 175 cm³/mol. The molecular weight excluding hydrogens is 596 g/mol. The first kappa shape index (κ1) is 31.3. The van der Waals surface area contributed by atoms with E-state index in [2.05, 4.69) is 5.32 Å². The van der Waals surface area contributed by atoms with Crippen LogP contribution >= 0.6 is 0 Å². The van der Waals surface area contributed by atoms with Gasteiger partial charge in [0.1, 0.15) is 34.0 Å². The molecule has 1 unspecified atom stereocenters. The number of benzene rings is 4. The van der Waals surface area contributed by atoms with Gasteiger partial charge in [-0.2, -0.15) is 0 Å². The average Bonchev–Trinajstić information content (AvgIpc) is 3.42. The molecule has 1 atom stereocenters. The van der Waals surface area contributed by atoms with Crippen molar-refractivity contribution < 1.29 is 27.0 Å². The third-order valence-electron chi connectivity index (χ3n) is 7.47. The molecule has 0 bridgehead atoms. The molecule has 5 aromatic rings. The third kappa shape index (κ3) is 6.71. The van der Waals surface area contributed by atoms with Gasteiger partial charge in [0.15, 0.2) is 6.29 Å². The second-order valence-corrected chi connectivity index (χ2v) is 11.9. The number of nitrogens with one attached hydrogen (secondary N) is 1. The summed E-state index contributed by atoms with van der Waals surface area (Å²) in [7, 11) is 3.66. The minimum Gasteiger partial charge on any atom is -0.455 e. The fraction of sp³-hybridized carbons (Fsp3) is 0.143. The maximum atomic E-state index is 13.7. The number of anilines is 1. The van der Waals surface area contributed by atoms with Gasteiger partial charge in [0.25, 0.3) is 5.91 Å². The number of hydrogen-bond acceptors (Lipinski definition) is 5. The fourth-order valence-corrected chi connectivity index (χ4v) is 5.48. The Labute approximate surface area is 262 Å². The van der Waals surface area contributed by atoms with Crippen LogP contribution in [0.25, 0.3) is 39.5 Å². The summed E-state index contributed by atoms with van der Waals surface area (Å²) >= 11 is 0. The van der Waals surface area contributed by atoms with E-state index in [1.54, 1.807) is 47.9 Å². The number of nitrogens with zero attached hydrogens (tertiary/aromatic N) is 2. The van der Waals surface area contributed by atoms with Gasteiger partial charge in [0.2, 0.25) is 0 Å². The molecule has 4 aromatic carbocycles. The van der Waals surface area contributed by atoms with Gasteiger partial charge in [0, 0.05) is 62.1 Å². The molecule has 1 heterocycles. The Hall–Kier alpha value is -5.09. The maximum Gasteiger partial charge on any atom is 0.255 e. The van der Waals surface area contributed by atoms with E-state index in [1.165, 1.54) is 43.4 Å². The highest BCUT2D eigenvalue weighted by atomic mass is 32.2. The van der Waals surface area contributed by atoms with Crippen molar-refractivity contribution in [1.82, 2.24) is 10.2 Å². The van der Waals surface area contributed by atoms with Gasteiger partial charge in [-0.3, -0.25) is 13.9 Å². The van der Waals surface area contributed by atoms with Gasteiger partial charge in [-0.1, -0.05) is 24.3 Å². The average molecular weight is 628 g/mol. The maximum absolute atomic E-state index is 13.7. The predicted octanol–water partition coefficient (Wildman–Crippen LogP) is 7.05. The van der Waals surface area contributed by atoms with Crippen molar-refractivity contribution >= 4 is 45.9 Å². The highest BCUT2D eigenvalue weighted by molar-refractivity contribution is 7.85. The minimum atomic E-state index is -1.41. The first-order valence-corrected chi connectivity index (χ1v) is 15.5. The summed E-state index contributed by atoms with van der Waals surface area (Å²) in [4.78, 5) is 27.3.